The number of ether oxygens (including phenoxy) is 1. The molecule has 0 radical (unpaired) electrons. The normalized spacial score (nSPS) is 10.8. The molecule has 1 rings (SSSR count). The molecule has 0 unspecified atom stereocenters. The Morgan fingerprint density at radius 1 is 1.31 bits per heavy atom. The molecule has 1 aromatic rings. The molecule has 0 bridgehead atoms. The molecule has 0 heterocycles. The molecule has 3 nitrogen and oxygen atoms in total. The summed E-state index contributed by atoms with van der Waals surface area (Å²) in [5.74, 6) is 0. The van der Waals surface area contributed by atoms with Crippen molar-refractivity contribution in [3.63, 3.8) is 0 Å². The van der Waals surface area contributed by atoms with Crippen LogP contribution in [0.25, 0.3) is 0 Å². The van der Waals surface area contributed by atoms with E-state index in [0.717, 1.165) is 13.2 Å². The Morgan fingerprint density at radius 2 is 2.00 bits per heavy atom. The van der Waals surface area contributed by atoms with Gasteiger partial charge in [0, 0.05) is 31.9 Å². The number of hydrogen-bond acceptors (Lipinski definition) is 3. The fraction of sp³-hybridized carbons (Fsp3) is 0.538. The van der Waals surface area contributed by atoms with Gasteiger partial charge < -0.3 is 15.4 Å². The predicted octanol–water partition coefficient (Wildman–Crippen LogP) is 2.01. The second-order valence-corrected chi connectivity index (χ2v) is 4.11. The van der Waals surface area contributed by atoms with E-state index in [1.807, 2.05) is 6.07 Å². The van der Waals surface area contributed by atoms with Gasteiger partial charge in [-0.15, -0.1) is 0 Å². The van der Waals surface area contributed by atoms with Crippen LogP contribution in [0.3, 0.4) is 0 Å². The molecule has 0 aliphatic rings. The Bertz CT molecular complexity index is 313. The molecule has 0 saturated carbocycles. The lowest BCUT2D eigenvalue weighted by Gasteiger charge is -2.30. The largest absolute Gasteiger partial charge is 0.383 e. The monoisotopic (exact) mass is 222 g/mol. The van der Waals surface area contributed by atoms with Gasteiger partial charge in [-0.2, -0.15) is 0 Å². The molecule has 0 fully saturated rings. The zero-order chi connectivity index (χ0) is 12.0. The topological polar surface area (TPSA) is 38.5 Å². The van der Waals surface area contributed by atoms with Crippen LogP contribution in [-0.4, -0.2) is 26.3 Å². The van der Waals surface area contributed by atoms with E-state index in [0.29, 0.717) is 12.6 Å². The molecule has 0 aliphatic heterocycles. The van der Waals surface area contributed by atoms with E-state index >= 15 is 0 Å². The van der Waals surface area contributed by atoms with Crippen molar-refractivity contribution in [3.8, 4) is 0 Å². The number of para-hydroxylation sites is 1. The maximum absolute atomic E-state index is 5.76. The molecule has 0 spiro atoms. The maximum atomic E-state index is 5.76. The van der Waals surface area contributed by atoms with Crippen LogP contribution < -0.4 is 10.6 Å². The number of rotatable bonds is 6. The molecule has 1 aromatic carbocycles. The fourth-order valence-corrected chi connectivity index (χ4v) is 1.81. The standard InChI is InChI=1S/C13H22N2O/c1-11(2)15(8-9-16-3)13-7-5-4-6-12(13)10-14/h4-7,11H,8-10,14H2,1-3H3. The number of anilines is 1. The predicted molar refractivity (Wildman–Crippen MR) is 68.7 cm³/mol. The highest BCUT2D eigenvalue weighted by molar-refractivity contribution is 5.54. The van der Waals surface area contributed by atoms with Gasteiger partial charge in [-0.1, -0.05) is 18.2 Å². The third-order valence-corrected chi connectivity index (χ3v) is 2.68. The highest BCUT2D eigenvalue weighted by atomic mass is 16.5. The van der Waals surface area contributed by atoms with Crippen LogP contribution in [0.4, 0.5) is 5.69 Å². The van der Waals surface area contributed by atoms with E-state index in [-0.39, 0.29) is 0 Å². The van der Waals surface area contributed by atoms with Gasteiger partial charge in [-0.25, -0.2) is 0 Å². The van der Waals surface area contributed by atoms with E-state index in [2.05, 4.69) is 36.9 Å². The second-order valence-electron chi connectivity index (χ2n) is 4.11. The molecular formula is C13H22N2O. The van der Waals surface area contributed by atoms with Crippen LogP contribution in [-0.2, 0) is 11.3 Å². The smallest absolute Gasteiger partial charge is 0.0637 e. The summed E-state index contributed by atoms with van der Waals surface area (Å²) >= 11 is 0. The SMILES string of the molecule is COCCN(c1ccccc1CN)C(C)C. The molecule has 0 aliphatic carbocycles. The molecule has 2 N–H and O–H groups in total. The average molecular weight is 222 g/mol. The van der Waals surface area contributed by atoms with Crippen LogP contribution in [0.5, 0.6) is 0 Å². The Kier molecular flexibility index (Phi) is 5.29. The number of benzene rings is 1. The minimum Gasteiger partial charge on any atom is -0.383 e. The highest BCUT2D eigenvalue weighted by Crippen LogP contribution is 2.21. The zero-order valence-electron chi connectivity index (χ0n) is 10.4. The van der Waals surface area contributed by atoms with Gasteiger partial charge in [0.15, 0.2) is 0 Å². The number of nitrogens with two attached hydrogens (primary N) is 1. The Morgan fingerprint density at radius 3 is 2.56 bits per heavy atom. The highest BCUT2D eigenvalue weighted by Gasteiger charge is 2.12. The van der Waals surface area contributed by atoms with Gasteiger partial charge in [0.25, 0.3) is 0 Å². The van der Waals surface area contributed by atoms with Crippen LogP contribution in [0, 0.1) is 0 Å². The van der Waals surface area contributed by atoms with Gasteiger partial charge in [0.1, 0.15) is 0 Å². The lowest BCUT2D eigenvalue weighted by atomic mass is 10.1. The van der Waals surface area contributed by atoms with Gasteiger partial charge >= 0.3 is 0 Å². The molecule has 0 saturated heterocycles. The summed E-state index contributed by atoms with van der Waals surface area (Å²) in [6.45, 7) is 6.57. The lowest BCUT2D eigenvalue weighted by Crippen LogP contribution is -2.34. The fourth-order valence-electron chi connectivity index (χ4n) is 1.81. The number of hydrogen-bond donors (Lipinski definition) is 1. The van der Waals surface area contributed by atoms with Crippen LogP contribution in [0.2, 0.25) is 0 Å². The summed E-state index contributed by atoms with van der Waals surface area (Å²) in [6.07, 6.45) is 0. The number of methoxy groups -OCH3 is 1. The van der Waals surface area contributed by atoms with Crippen molar-refractivity contribution < 1.29 is 4.74 Å². The summed E-state index contributed by atoms with van der Waals surface area (Å²) in [6, 6.07) is 8.73. The van der Waals surface area contributed by atoms with Crippen molar-refractivity contribution in [3.05, 3.63) is 29.8 Å². The summed E-state index contributed by atoms with van der Waals surface area (Å²) in [5.41, 5.74) is 8.17. The Balaban J connectivity index is 2.91. The van der Waals surface area contributed by atoms with Crippen molar-refractivity contribution in [1.29, 1.82) is 0 Å². The maximum Gasteiger partial charge on any atom is 0.0637 e. The van der Waals surface area contributed by atoms with E-state index in [4.69, 9.17) is 10.5 Å². The van der Waals surface area contributed by atoms with E-state index in [1.165, 1.54) is 11.3 Å². The van der Waals surface area contributed by atoms with E-state index in [9.17, 15) is 0 Å². The first-order chi connectivity index (χ1) is 7.70. The van der Waals surface area contributed by atoms with Crippen LogP contribution >= 0.6 is 0 Å². The summed E-state index contributed by atoms with van der Waals surface area (Å²) in [4.78, 5) is 2.33. The number of nitrogens with zero attached hydrogens (tertiary/aromatic N) is 1. The van der Waals surface area contributed by atoms with Gasteiger partial charge in [0.2, 0.25) is 0 Å². The first-order valence-electron chi connectivity index (χ1n) is 5.74. The Labute approximate surface area is 98.2 Å². The molecule has 0 atom stereocenters. The first kappa shape index (κ1) is 13.0. The third kappa shape index (κ3) is 3.22. The van der Waals surface area contributed by atoms with Crippen LogP contribution in [0.1, 0.15) is 19.4 Å². The van der Waals surface area contributed by atoms with Crippen molar-refractivity contribution in [2.75, 3.05) is 25.2 Å². The van der Waals surface area contributed by atoms with Crippen molar-refractivity contribution in [2.45, 2.75) is 26.4 Å². The zero-order valence-corrected chi connectivity index (χ0v) is 10.4. The molecule has 3 heteroatoms. The minimum absolute atomic E-state index is 0.447. The van der Waals surface area contributed by atoms with E-state index in [1.54, 1.807) is 7.11 Å². The Hall–Kier alpha value is -1.06. The quantitative estimate of drug-likeness (QED) is 0.800. The lowest BCUT2D eigenvalue weighted by molar-refractivity contribution is 0.204. The molecule has 0 aromatic heterocycles. The summed E-state index contributed by atoms with van der Waals surface area (Å²) in [5, 5.41) is 0. The van der Waals surface area contributed by atoms with Gasteiger partial charge in [0.05, 0.1) is 6.61 Å². The van der Waals surface area contributed by atoms with E-state index < -0.39 is 0 Å². The molecule has 16 heavy (non-hydrogen) atoms. The van der Waals surface area contributed by atoms with Gasteiger partial charge in [-0.3, -0.25) is 0 Å². The van der Waals surface area contributed by atoms with Crippen LogP contribution in [0.15, 0.2) is 24.3 Å². The third-order valence-electron chi connectivity index (χ3n) is 2.68. The average Bonchev–Trinajstić information content (AvgIpc) is 2.29. The first-order valence-corrected chi connectivity index (χ1v) is 5.74. The molecular weight excluding hydrogens is 200 g/mol. The summed E-state index contributed by atoms with van der Waals surface area (Å²) < 4.78 is 5.14. The second kappa shape index (κ2) is 6.51. The molecule has 90 valence electrons. The van der Waals surface area contributed by atoms with Crippen molar-refractivity contribution in [1.82, 2.24) is 0 Å². The van der Waals surface area contributed by atoms with Crippen molar-refractivity contribution in [2.24, 2.45) is 5.73 Å². The van der Waals surface area contributed by atoms with Gasteiger partial charge in [-0.05, 0) is 25.5 Å². The van der Waals surface area contributed by atoms with Crippen molar-refractivity contribution >= 4 is 5.69 Å². The summed E-state index contributed by atoms with van der Waals surface area (Å²) in [7, 11) is 1.73. The molecule has 0 amide bonds. The minimum atomic E-state index is 0.447.